The predicted molar refractivity (Wildman–Crippen MR) is 219 cm³/mol. The summed E-state index contributed by atoms with van der Waals surface area (Å²) in [5.74, 6) is 2.43. The molecule has 0 radical (unpaired) electrons. The summed E-state index contributed by atoms with van der Waals surface area (Å²) in [7, 11) is -8.48. The van der Waals surface area contributed by atoms with Crippen LogP contribution in [-0.4, -0.2) is 9.21 Å². The van der Waals surface area contributed by atoms with Crippen LogP contribution in [0.4, 0.5) is 28.4 Å². The highest BCUT2D eigenvalue weighted by Crippen LogP contribution is 2.77. The fraction of sp³-hybridized carbons (Fsp3) is 0. The summed E-state index contributed by atoms with van der Waals surface area (Å²) in [6.07, 6.45) is 0. The van der Waals surface area contributed by atoms with E-state index in [1.807, 2.05) is 12.1 Å². The van der Waals surface area contributed by atoms with Crippen LogP contribution in [0.2, 0.25) is 0 Å². The summed E-state index contributed by atoms with van der Waals surface area (Å²) in [5.41, 5.74) is 33.0. The maximum atomic E-state index is 6.91. The first-order valence-corrected chi connectivity index (χ1v) is 20.7. The molecule has 3 atom stereocenters. The number of hydrogen-bond acceptors (Lipinski definition) is 14. The standard InChI is InChI=1S/C36H34BrN8O6P3/c37-25-1-13-35(14-2-25)50-54(51-36-23-11-30(42)12-24-36)43-52(48-33-19-7-28(40)8-20-33)44(46-31-15-3-26(38)4-16-31)53(49-34-21-9-29(41)10-22-34)45(54)47-32-17-5-27(39)6-18-32/h1-24H,38-42H2. The molecule has 54 heavy (non-hydrogen) atoms. The van der Waals surface area contributed by atoms with Gasteiger partial charge in [-0.1, -0.05) is 15.9 Å². The van der Waals surface area contributed by atoms with Gasteiger partial charge in [-0.3, -0.25) is 0 Å². The Morgan fingerprint density at radius 2 is 0.796 bits per heavy atom. The van der Waals surface area contributed by atoms with E-state index in [0.717, 1.165) is 4.47 Å². The van der Waals surface area contributed by atoms with Gasteiger partial charge in [-0.2, -0.15) is 0 Å². The van der Waals surface area contributed by atoms with Gasteiger partial charge in [-0.15, -0.1) is 4.52 Å². The SMILES string of the molecule is Nc1ccc(ON2P(Oc3ccc(N)cc3)N=P(Oc3ccc(N)cc3)(Oc3ccc(Br)cc3)N(Oc3ccc(N)cc3)P2Oc2ccc(N)cc2)cc1. The van der Waals surface area contributed by atoms with Gasteiger partial charge in [-0.05, 0) is 146 Å². The maximum absolute atomic E-state index is 6.91. The number of nitrogens with zero attached hydrogens (tertiary/aromatic N) is 3. The molecule has 0 amide bonds. The van der Waals surface area contributed by atoms with Crippen LogP contribution in [0.15, 0.2) is 155 Å². The molecule has 10 N–H and O–H groups in total. The molecule has 0 aliphatic carbocycles. The van der Waals surface area contributed by atoms with Crippen molar-refractivity contribution >= 4 is 68.9 Å². The molecule has 18 heteroatoms. The first kappa shape index (κ1) is 36.9. The van der Waals surface area contributed by atoms with Gasteiger partial charge in [0.05, 0.1) is 0 Å². The molecule has 0 aromatic heterocycles. The summed E-state index contributed by atoms with van der Waals surface area (Å²) in [4.78, 5) is 13.4. The second-order valence-corrected chi connectivity index (χ2v) is 17.9. The molecule has 0 saturated carbocycles. The topological polar surface area (TPSA) is 204 Å². The highest BCUT2D eigenvalue weighted by atomic mass is 79.9. The van der Waals surface area contributed by atoms with Crippen molar-refractivity contribution in [2.24, 2.45) is 4.52 Å². The van der Waals surface area contributed by atoms with Crippen molar-refractivity contribution in [3.8, 4) is 34.5 Å². The van der Waals surface area contributed by atoms with Crippen LogP contribution < -0.4 is 56.4 Å². The Kier molecular flexibility index (Phi) is 11.2. The van der Waals surface area contributed by atoms with Gasteiger partial charge in [-0.25, -0.2) is 0 Å². The number of hydrogen-bond donors (Lipinski definition) is 5. The molecule has 1 heterocycles. The highest BCUT2D eigenvalue weighted by molar-refractivity contribution is 9.10. The second kappa shape index (κ2) is 16.3. The van der Waals surface area contributed by atoms with E-state index in [-0.39, 0.29) is 0 Å². The third-order valence-corrected chi connectivity index (χ3v) is 14.6. The van der Waals surface area contributed by atoms with Crippen molar-refractivity contribution in [2.45, 2.75) is 0 Å². The van der Waals surface area contributed by atoms with Crippen molar-refractivity contribution in [3.05, 3.63) is 150 Å². The summed E-state index contributed by atoms with van der Waals surface area (Å²) in [6, 6.07) is 41.5. The van der Waals surface area contributed by atoms with Crippen molar-refractivity contribution in [1.29, 1.82) is 0 Å². The lowest BCUT2D eigenvalue weighted by atomic mass is 10.3. The summed E-state index contributed by atoms with van der Waals surface area (Å²) < 4.78 is 36.4. The zero-order valence-electron chi connectivity index (χ0n) is 28.3. The van der Waals surface area contributed by atoms with Crippen LogP contribution in [0, 0.1) is 0 Å². The third-order valence-electron chi connectivity index (χ3n) is 7.26. The number of anilines is 5. The molecule has 6 aromatic rings. The molecule has 276 valence electrons. The Balaban J connectivity index is 1.48. The lowest BCUT2D eigenvalue weighted by Gasteiger charge is -2.43. The summed E-state index contributed by atoms with van der Waals surface area (Å²) in [5, 5.41) is 0. The lowest BCUT2D eigenvalue weighted by molar-refractivity contribution is 0.0546. The van der Waals surface area contributed by atoms with E-state index >= 15 is 0 Å². The van der Waals surface area contributed by atoms with Crippen molar-refractivity contribution in [3.63, 3.8) is 0 Å². The van der Waals surface area contributed by atoms with Crippen molar-refractivity contribution in [2.75, 3.05) is 28.7 Å². The molecule has 0 saturated heterocycles. The lowest BCUT2D eigenvalue weighted by Crippen LogP contribution is -2.37. The molecular formula is C36H34BrN8O6P3. The Bertz CT molecular complexity index is 2170. The van der Waals surface area contributed by atoms with Gasteiger partial charge < -0.3 is 56.4 Å². The minimum Gasteiger partial charge on any atom is -0.440 e. The molecule has 7 rings (SSSR count). The fourth-order valence-corrected chi connectivity index (χ4v) is 12.3. The normalized spacial score (nSPS) is 18.5. The third kappa shape index (κ3) is 9.03. The van der Waals surface area contributed by atoms with Gasteiger partial charge in [0, 0.05) is 42.1 Å². The monoisotopic (exact) mass is 846 g/mol. The van der Waals surface area contributed by atoms with E-state index in [2.05, 4.69) is 15.9 Å². The van der Waals surface area contributed by atoms with Gasteiger partial charge in [0.1, 0.15) is 34.5 Å². The fourth-order valence-electron chi connectivity index (χ4n) is 4.59. The van der Waals surface area contributed by atoms with Gasteiger partial charge >= 0.3 is 24.6 Å². The van der Waals surface area contributed by atoms with Crippen LogP contribution >= 0.6 is 40.5 Å². The van der Waals surface area contributed by atoms with Crippen LogP contribution in [0.25, 0.3) is 0 Å². The zero-order chi connectivity index (χ0) is 37.7. The van der Waals surface area contributed by atoms with Gasteiger partial charge in [0.25, 0.3) is 0 Å². The number of nitrogens with two attached hydrogens (primary N) is 5. The molecule has 3 unspecified atom stereocenters. The molecule has 0 bridgehead atoms. The molecule has 0 fully saturated rings. The first-order chi connectivity index (χ1) is 26.1. The number of halogens is 1. The Morgan fingerprint density at radius 1 is 0.444 bits per heavy atom. The van der Waals surface area contributed by atoms with E-state index in [9.17, 15) is 0 Å². The van der Waals surface area contributed by atoms with E-state index in [0.29, 0.717) is 62.9 Å². The average molecular weight is 848 g/mol. The minimum atomic E-state index is -3.94. The minimum absolute atomic E-state index is 0.371. The quantitative estimate of drug-likeness (QED) is 0.0575. The Hall–Kier alpha value is -5.39. The zero-order valence-corrected chi connectivity index (χ0v) is 32.5. The van der Waals surface area contributed by atoms with E-state index in [4.69, 9.17) is 61.0 Å². The smallest absolute Gasteiger partial charge is 0.440 e. The van der Waals surface area contributed by atoms with Crippen molar-refractivity contribution in [1.82, 2.24) is 9.21 Å². The van der Waals surface area contributed by atoms with Crippen LogP contribution in [0.3, 0.4) is 0 Å². The Morgan fingerprint density at radius 3 is 1.24 bits per heavy atom. The molecular weight excluding hydrogens is 813 g/mol. The second-order valence-electron chi connectivity index (χ2n) is 11.4. The van der Waals surface area contributed by atoms with E-state index < -0.39 is 24.6 Å². The van der Waals surface area contributed by atoms with Gasteiger partial charge in [0.15, 0.2) is 0 Å². The highest BCUT2D eigenvalue weighted by Gasteiger charge is 2.58. The van der Waals surface area contributed by atoms with Crippen molar-refractivity contribution < 1.29 is 27.8 Å². The van der Waals surface area contributed by atoms with Crippen LogP contribution in [-0.2, 0) is 0 Å². The maximum Gasteiger partial charge on any atom is 0.447 e. The number of nitrogen functional groups attached to an aromatic ring is 5. The first-order valence-electron chi connectivity index (χ1n) is 16.1. The molecule has 6 aromatic carbocycles. The van der Waals surface area contributed by atoms with Crippen LogP contribution in [0.5, 0.6) is 34.5 Å². The van der Waals surface area contributed by atoms with Gasteiger partial charge in [0.2, 0.25) is 0 Å². The Labute approximate surface area is 322 Å². The largest absolute Gasteiger partial charge is 0.447 e. The number of benzene rings is 6. The van der Waals surface area contributed by atoms with E-state index in [1.54, 1.807) is 133 Å². The summed E-state index contributed by atoms with van der Waals surface area (Å²) in [6.45, 7) is 0. The molecule has 0 spiro atoms. The van der Waals surface area contributed by atoms with Crippen LogP contribution in [0.1, 0.15) is 0 Å². The molecule has 1 aliphatic rings. The molecule has 14 nitrogen and oxygen atoms in total. The molecule has 1 aliphatic heterocycles. The summed E-state index contributed by atoms with van der Waals surface area (Å²) >= 11 is 3.51. The van der Waals surface area contributed by atoms with E-state index in [1.165, 1.54) is 9.21 Å². The predicted octanol–water partition coefficient (Wildman–Crippen LogP) is 9.98. The number of rotatable bonds is 12. The average Bonchev–Trinajstić information content (AvgIpc) is 3.16.